The van der Waals surface area contributed by atoms with Crippen molar-refractivity contribution < 1.29 is 9.90 Å². The first-order valence-electron chi connectivity index (χ1n) is 5.63. The van der Waals surface area contributed by atoms with Gasteiger partial charge in [-0.05, 0) is 36.0 Å². The monoisotopic (exact) mass is 232 g/mol. The Balaban J connectivity index is 1.99. The van der Waals surface area contributed by atoms with Crippen molar-refractivity contribution in [1.82, 2.24) is 9.88 Å². The highest BCUT2D eigenvalue weighted by atomic mass is 16.4. The molecular formula is C13H16N2O2. The number of carboxylic acids is 1. The number of hydrogen-bond acceptors (Lipinski definition) is 2. The molecule has 0 aliphatic carbocycles. The van der Waals surface area contributed by atoms with Crippen molar-refractivity contribution in [1.29, 1.82) is 0 Å². The van der Waals surface area contributed by atoms with Crippen LogP contribution in [0.3, 0.4) is 0 Å². The number of aliphatic carboxylic acids is 1. The topological polar surface area (TPSA) is 54.3 Å². The zero-order valence-corrected chi connectivity index (χ0v) is 9.81. The molecule has 0 aliphatic heterocycles. The molecule has 2 N–H and O–H groups in total. The van der Waals surface area contributed by atoms with Gasteiger partial charge in [-0.15, -0.1) is 0 Å². The summed E-state index contributed by atoms with van der Waals surface area (Å²) in [6.45, 7) is 0.703. The van der Waals surface area contributed by atoms with Crippen molar-refractivity contribution in [3.05, 3.63) is 36.0 Å². The van der Waals surface area contributed by atoms with Crippen LogP contribution in [0.4, 0.5) is 0 Å². The number of carboxylic acid groups (broad SMARTS) is 1. The Bertz CT molecular complexity index is 531. The molecule has 0 atom stereocenters. The van der Waals surface area contributed by atoms with E-state index >= 15 is 0 Å². The second kappa shape index (κ2) is 5.01. The van der Waals surface area contributed by atoms with Crippen molar-refractivity contribution in [2.45, 2.75) is 6.42 Å². The fraction of sp³-hybridized carbons (Fsp3) is 0.308. The van der Waals surface area contributed by atoms with Gasteiger partial charge in [-0.2, -0.15) is 0 Å². The summed E-state index contributed by atoms with van der Waals surface area (Å²) in [5.41, 5.74) is 2.43. The van der Waals surface area contributed by atoms with Gasteiger partial charge in [0.1, 0.15) is 0 Å². The molecule has 17 heavy (non-hydrogen) atoms. The first kappa shape index (κ1) is 11.7. The second-order valence-electron chi connectivity index (χ2n) is 4.14. The zero-order chi connectivity index (χ0) is 12.3. The molecule has 0 bridgehead atoms. The third-order valence-electron chi connectivity index (χ3n) is 2.82. The van der Waals surface area contributed by atoms with E-state index in [2.05, 4.69) is 34.1 Å². The van der Waals surface area contributed by atoms with Gasteiger partial charge in [-0.1, -0.05) is 12.1 Å². The van der Waals surface area contributed by atoms with Gasteiger partial charge in [0.2, 0.25) is 0 Å². The van der Waals surface area contributed by atoms with E-state index in [9.17, 15) is 4.79 Å². The summed E-state index contributed by atoms with van der Waals surface area (Å²) >= 11 is 0. The lowest BCUT2D eigenvalue weighted by Gasteiger charge is -2.04. The van der Waals surface area contributed by atoms with E-state index in [-0.39, 0.29) is 6.54 Å². The Morgan fingerprint density at radius 2 is 2.24 bits per heavy atom. The molecule has 0 aliphatic rings. The SMILES string of the molecule is Cn1ccc2ccc(CCNCC(=O)O)cc21. The molecule has 2 rings (SSSR count). The molecule has 0 saturated carbocycles. The first-order valence-corrected chi connectivity index (χ1v) is 5.63. The van der Waals surface area contributed by atoms with Crippen molar-refractivity contribution >= 4 is 16.9 Å². The van der Waals surface area contributed by atoms with Crippen molar-refractivity contribution in [2.75, 3.05) is 13.1 Å². The van der Waals surface area contributed by atoms with E-state index in [0.717, 1.165) is 6.42 Å². The molecule has 0 spiro atoms. The molecule has 0 fully saturated rings. The third-order valence-corrected chi connectivity index (χ3v) is 2.82. The fourth-order valence-electron chi connectivity index (χ4n) is 1.89. The number of aromatic nitrogens is 1. The van der Waals surface area contributed by atoms with E-state index in [1.165, 1.54) is 16.5 Å². The lowest BCUT2D eigenvalue weighted by atomic mass is 10.1. The van der Waals surface area contributed by atoms with Crippen LogP contribution in [0.5, 0.6) is 0 Å². The lowest BCUT2D eigenvalue weighted by molar-refractivity contribution is -0.135. The molecule has 90 valence electrons. The van der Waals surface area contributed by atoms with Crippen LogP contribution in [0, 0.1) is 0 Å². The molecule has 1 heterocycles. The molecule has 0 unspecified atom stereocenters. The lowest BCUT2D eigenvalue weighted by Crippen LogP contribution is -2.24. The summed E-state index contributed by atoms with van der Waals surface area (Å²) < 4.78 is 2.09. The molecular weight excluding hydrogens is 216 g/mol. The quantitative estimate of drug-likeness (QED) is 0.766. The smallest absolute Gasteiger partial charge is 0.317 e. The maximum atomic E-state index is 10.3. The Kier molecular flexibility index (Phi) is 3.44. The molecule has 0 radical (unpaired) electrons. The fourth-order valence-corrected chi connectivity index (χ4v) is 1.89. The van der Waals surface area contributed by atoms with Gasteiger partial charge in [-0.3, -0.25) is 4.79 Å². The highest BCUT2D eigenvalue weighted by molar-refractivity contribution is 5.80. The number of aryl methyl sites for hydroxylation is 1. The van der Waals surface area contributed by atoms with Gasteiger partial charge in [0, 0.05) is 18.8 Å². The predicted molar refractivity (Wildman–Crippen MR) is 67.1 cm³/mol. The van der Waals surface area contributed by atoms with Crippen LogP contribution in [-0.4, -0.2) is 28.7 Å². The van der Waals surface area contributed by atoms with Crippen LogP contribution in [-0.2, 0) is 18.3 Å². The average Bonchev–Trinajstić information content (AvgIpc) is 2.66. The maximum absolute atomic E-state index is 10.3. The number of benzene rings is 1. The number of rotatable bonds is 5. The van der Waals surface area contributed by atoms with E-state index in [4.69, 9.17) is 5.11 Å². The van der Waals surface area contributed by atoms with E-state index in [0.29, 0.717) is 6.54 Å². The summed E-state index contributed by atoms with van der Waals surface area (Å²) in [4.78, 5) is 10.3. The predicted octanol–water partition coefficient (Wildman–Crippen LogP) is 1.39. The van der Waals surface area contributed by atoms with E-state index in [1.807, 2.05) is 13.2 Å². The summed E-state index contributed by atoms with van der Waals surface area (Å²) in [5, 5.41) is 12.6. The van der Waals surface area contributed by atoms with E-state index in [1.54, 1.807) is 0 Å². The first-order chi connectivity index (χ1) is 8.16. The van der Waals surface area contributed by atoms with Crippen LogP contribution >= 0.6 is 0 Å². The van der Waals surface area contributed by atoms with Crippen molar-refractivity contribution in [3.8, 4) is 0 Å². The van der Waals surface area contributed by atoms with Crippen LogP contribution in [0.1, 0.15) is 5.56 Å². The van der Waals surface area contributed by atoms with Gasteiger partial charge >= 0.3 is 5.97 Å². The summed E-state index contributed by atoms with van der Waals surface area (Å²) in [7, 11) is 2.02. The molecule has 0 amide bonds. The van der Waals surface area contributed by atoms with Crippen molar-refractivity contribution in [3.63, 3.8) is 0 Å². The minimum absolute atomic E-state index is 0.0202. The third kappa shape index (κ3) is 2.85. The largest absolute Gasteiger partial charge is 0.480 e. The molecule has 1 aromatic carbocycles. The summed E-state index contributed by atoms with van der Waals surface area (Å²) in [6, 6.07) is 8.42. The minimum Gasteiger partial charge on any atom is -0.480 e. The molecule has 2 aromatic rings. The van der Waals surface area contributed by atoms with Gasteiger partial charge in [0.05, 0.1) is 6.54 Å². The highest BCUT2D eigenvalue weighted by Crippen LogP contribution is 2.16. The van der Waals surface area contributed by atoms with Gasteiger partial charge in [0.15, 0.2) is 0 Å². The average molecular weight is 232 g/mol. The number of fused-ring (bicyclic) bond motifs is 1. The Labute approximate surface area is 99.9 Å². The van der Waals surface area contributed by atoms with Crippen LogP contribution in [0.25, 0.3) is 10.9 Å². The number of nitrogens with zero attached hydrogens (tertiary/aromatic N) is 1. The highest BCUT2D eigenvalue weighted by Gasteiger charge is 2.00. The number of hydrogen-bond donors (Lipinski definition) is 2. The van der Waals surface area contributed by atoms with Gasteiger partial charge in [0.25, 0.3) is 0 Å². The van der Waals surface area contributed by atoms with Crippen LogP contribution in [0.2, 0.25) is 0 Å². The standard InChI is InChI=1S/C13H16N2O2/c1-15-7-5-11-3-2-10(8-12(11)15)4-6-14-9-13(16)17/h2-3,5,7-8,14H,4,6,9H2,1H3,(H,16,17). The van der Waals surface area contributed by atoms with Gasteiger partial charge in [-0.25, -0.2) is 0 Å². The van der Waals surface area contributed by atoms with Crippen molar-refractivity contribution in [2.24, 2.45) is 7.05 Å². The second-order valence-corrected chi connectivity index (χ2v) is 4.14. The Morgan fingerprint density at radius 1 is 1.41 bits per heavy atom. The maximum Gasteiger partial charge on any atom is 0.317 e. The normalized spacial score (nSPS) is 10.9. The van der Waals surface area contributed by atoms with Gasteiger partial charge < -0.3 is 15.0 Å². The Morgan fingerprint density at radius 3 is 3.00 bits per heavy atom. The molecule has 1 aromatic heterocycles. The molecule has 4 heteroatoms. The number of carbonyl (C=O) groups is 1. The molecule has 4 nitrogen and oxygen atoms in total. The zero-order valence-electron chi connectivity index (χ0n) is 9.81. The molecule has 0 saturated heterocycles. The summed E-state index contributed by atoms with van der Waals surface area (Å²) in [5.74, 6) is -0.817. The number of nitrogens with one attached hydrogen (secondary N) is 1. The Hall–Kier alpha value is -1.81. The van der Waals surface area contributed by atoms with Crippen LogP contribution in [0.15, 0.2) is 30.5 Å². The summed E-state index contributed by atoms with van der Waals surface area (Å²) in [6.07, 6.45) is 2.88. The van der Waals surface area contributed by atoms with E-state index < -0.39 is 5.97 Å². The minimum atomic E-state index is -0.817. The van der Waals surface area contributed by atoms with Crippen LogP contribution < -0.4 is 5.32 Å².